The van der Waals surface area contributed by atoms with Crippen LogP contribution in [0.15, 0.2) is 18.5 Å². The van der Waals surface area contributed by atoms with E-state index in [2.05, 4.69) is 23.9 Å². The zero-order valence-corrected chi connectivity index (χ0v) is 12.1. The van der Waals surface area contributed by atoms with Gasteiger partial charge in [0.25, 0.3) is 0 Å². The molecule has 0 saturated carbocycles. The van der Waals surface area contributed by atoms with Crippen molar-refractivity contribution in [2.75, 3.05) is 18.0 Å². The molecule has 2 aromatic rings. The van der Waals surface area contributed by atoms with Crippen molar-refractivity contribution >= 4 is 17.3 Å². The van der Waals surface area contributed by atoms with Gasteiger partial charge in [-0.15, -0.1) is 0 Å². The average molecular weight is 276 g/mol. The Balaban J connectivity index is 2.38. The molecule has 2 rings (SSSR count). The SMILES string of the molecule is CCN(CCC(=O)O)c1nccn2nc(C(C)C)cc12. The topological polar surface area (TPSA) is 70.7 Å². The lowest BCUT2D eigenvalue weighted by Gasteiger charge is -2.21. The van der Waals surface area contributed by atoms with Crippen molar-refractivity contribution in [3.8, 4) is 0 Å². The van der Waals surface area contributed by atoms with E-state index in [0.29, 0.717) is 19.0 Å². The van der Waals surface area contributed by atoms with Gasteiger partial charge in [0.1, 0.15) is 5.52 Å². The van der Waals surface area contributed by atoms with Crippen molar-refractivity contribution in [3.05, 3.63) is 24.2 Å². The summed E-state index contributed by atoms with van der Waals surface area (Å²) in [6.45, 7) is 7.34. The van der Waals surface area contributed by atoms with Crippen LogP contribution in [0.2, 0.25) is 0 Å². The van der Waals surface area contributed by atoms with E-state index in [9.17, 15) is 4.79 Å². The third-order valence-corrected chi connectivity index (χ3v) is 3.26. The minimum atomic E-state index is -0.799. The molecule has 0 bridgehead atoms. The molecule has 0 unspecified atom stereocenters. The maximum absolute atomic E-state index is 10.7. The summed E-state index contributed by atoms with van der Waals surface area (Å²) in [4.78, 5) is 17.1. The number of nitrogens with zero attached hydrogens (tertiary/aromatic N) is 4. The van der Waals surface area contributed by atoms with Gasteiger partial charge in [-0.1, -0.05) is 13.8 Å². The van der Waals surface area contributed by atoms with E-state index in [4.69, 9.17) is 5.11 Å². The zero-order valence-electron chi connectivity index (χ0n) is 12.1. The highest BCUT2D eigenvalue weighted by atomic mass is 16.4. The van der Waals surface area contributed by atoms with Gasteiger partial charge in [-0.3, -0.25) is 4.79 Å². The summed E-state index contributed by atoms with van der Waals surface area (Å²) in [5, 5.41) is 13.3. The lowest BCUT2D eigenvalue weighted by atomic mass is 10.1. The number of hydrogen-bond acceptors (Lipinski definition) is 4. The Bertz CT molecular complexity index is 606. The van der Waals surface area contributed by atoms with E-state index in [1.54, 1.807) is 10.7 Å². The lowest BCUT2D eigenvalue weighted by Crippen LogP contribution is -2.27. The van der Waals surface area contributed by atoms with Gasteiger partial charge in [0.2, 0.25) is 0 Å². The minimum absolute atomic E-state index is 0.0990. The first-order valence-corrected chi connectivity index (χ1v) is 6.84. The van der Waals surface area contributed by atoms with Crippen LogP contribution >= 0.6 is 0 Å². The minimum Gasteiger partial charge on any atom is -0.481 e. The number of fused-ring (bicyclic) bond motifs is 1. The standard InChI is InChI=1S/C14H20N4O2/c1-4-17(7-5-13(19)20)14-12-9-11(10(2)3)16-18(12)8-6-15-14/h6,8-10H,4-5,7H2,1-3H3,(H,19,20). The van der Waals surface area contributed by atoms with Crippen LogP contribution in [0.1, 0.15) is 38.8 Å². The van der Waals surface area contributed by atoms with Crippen molar-refractivity contribution in [2.45, 2.75) is 33.1 Å². The van der Waals surface area contributed by atoms with Gasteiger partial charge < -0.3 is 10.0 Å². The quantitative estimate of drug-likeness (QED) is 0.875. The second-order valence-electron chi connectivity index (χ2n) is 5.03. The van der Waals surface area contributed by atoms with Crippen LogP contribution in [0.5, 0.6) is 0 Å². The van der Waals surface area contributed by atoms with Crippen LogP contribution in [-0.2, 0) is 4.79 Å². The molecule has 1 N–H and O–H groups in total. The molecule has 2 heterocycles. The van der Waals surface area contributed by atoms with E-state index in [1.807, 2.05) is 24.1 Å². The number of rotatable bonds is 6. The lowest BCUT2D eigenvalue weighted by molar-refractivity contribution is -0.136. The van der Waals surface area contributed by atoms with Crippen molar-refractivity contribution in [2.24, 2.45) is 0 Å². The zero-order chi connectivity index (χ0) is 14.7. The largest absolute Gasteiger partial charge is 0.481 e. The maximum atomic E-state index is 10.7. The first kappa shape index (κ1) is 14.3. The fourth-order valence-electron chi connectivity index (χ4n) is 2.10. The van der Waals surface area contributed by atoms with Crippen LogP contribution in [0.4, 0.5) is 5.82 Å². The molecule has 20 heavy (non-hydrogen) atoms. The number of carbonyl (C=O) groups is 1. The molecule has 6 nitrogen and oxygen atoms in total. The molecule has 0 atom stereocenters. The van der Waals surface area contributed by atoms with Gasteiger partial charge >= 0.3 is 5.97 Å². The first-order chi connectivity index (χ1) is 9.52. The van der Waals surface area contributed by atoms with Crippen LogP contribution in [0.25, 0.3) is 5.52 Å². The number of hydrogen-bond donors (Lipinski definition) is 1. The molecular weight excluding hydrogens is 256 g/mol. The van der Waals surface area contributed by atoms with Crippen LogP contribution in [0, 0.1) is 0 Å². The molecule has 0 aliphatic rings. The van der Waals surface area contributed by atoms with Crippen LogP contribution in [-0.4, -0.2) is 38.8 Å². The third-order valence-electron chi connectivity index (χ3n) is 3.26. The Morgan fingerprint density at radius 1 is 1.50 bits per heavy atom. The second-order valence-corrected chi connectivity index (χ2v) is 5.03. The molecule has 2 aromatic heterocycles. The second kappa shape index (κ2) is 5.90. The molecule has 0 aliphatic carbocycles. The normalized spacial score (nSPS) is 11.2. The van der Waals surface area contributed by atoms with Crippen LogP contribution < -0.4 is 4.90 Å². The Morgan fingerprint density at radius 3 is 2.85 bits per heavy atom. The van der Waals surface area contributed by atoms with Gasteiger partial charge in [-0.05, 0) is 18.9 Å². The third kappa shape index (κ3) is 2.89. The van der Waals surface area contributed by atoms with Gasteiger partial charge in [0.15, 0.2) is 5.82 Å². The highest BCUT2D eigenvalue weighted by molar-refractivity contribution is 5.71. The summed E-state index contributed by atoms with van der Waals surface area (Å²) in [7, 11) is 0. The average Bonchev–Trinajstić information content (AvgIpc) is 2.84. The summed E-state index contributed by atoms with van der Waals surface area (Å²) < 4.78 is 1.81. The molecule has 108 valence electrons. The van der Waals surface area contributed by atoms with Gasteiger partial charge in [0.05, 0.1) is 12.1 Å². The summed E-state index contributed by atoms with van der Waals surface area (Å²) in [5.41, 5.74) is 1.93. The summed E-state index contributed by atoms with van der Waals surface area (Å²) in [6, 6.07) is 2.02. The molecule has 0 radical (unpaired) electrons. The number of carboxylic acids is 1. The fraction of sp³-hybridized carbons (Fsp3) is 0.500. The summed E-state index contributed by atoms with van der Waals surface area (Å²) >= 11 is 0. The van der Waals surface area contributed by atoms with E-state index >= 15 is 0 Å². The summed E-state index contributed by atoms with van der Waals surface area (Å²) in [6.07, 6.45) is 3.61. The van der Waals surface area contributed by atoms with Crippen molar-refractivity contribution in [1.82, 2.24) is 14.6 Å². The van der Waals surface area contributed by atoms with Crippen molar-refractivity contribution < 1.29 is 9.90 Å². The Morgan fingerprint density at radius 2 is 2.25 bits per heavy atom. The van der Waals surface area contributed by atoms with E-state index in [1.165, 1.54) is 0 Å². The van der Waals surface area contributed by atoms with Crippen LogP contribution in [0.3, 0.4) is 0 Å². The molecule has 6 heteroatoms. The monoisotopic (exact) mass is 276 g/mol. The van der Waals surface area contributed by atoms with Gasteiger partial charge in [-0.25, -0.2) is 9.50 Å². The Labute approximate surface area is 118 Å². The molecule has 0 amide bonds. The van der Waals surface area contributed by atoms with Crippen molar-refractivity contribution in [3.63, 3.8) is 0 Å². The van der Waals surface area contributed by atoms with E-state index in [-0.39, 0.29) is 6.42 Å². The molecule has 0 aromatic carbocycles. The smallest absolute Gasteiger partial charge is 0.305 e. The fourth-order valence-corrected chi connectivity index (χ4v) is 2.10. The Hall–Kier alpha value is -2.11. The first-order valence-electron chi connectivity index (χ1n) is 6.84. The van der Waals surface area contributed by atoms with Gasteiger partial charge in [-0.2, -0.15) is 5.10 Å². The molecule has 0 saturated heterocycles. The van der Waals surface area contributed by atoms with Gasteiger partial charge in [0, 0.05) is 25.5 Å². The molecular formula is C14H20N4O2. The molecule has 0 spiro atoms. The van der Waals surface area contributed by atoms with Crippen molar-refractivity contribution in [1.29, 1.82) is 0 Å². The number of aliphatic carboxylic acids is 1. The summed E-state index contributed by atoms with van der Waals surface area (Å²) in [5.74, 6) is 0.333. The molecule has 0 fully saturated rings. The highest BCUT2D eigenvalue weighted by Gasteiger charge is 2.15. The predicted octanol–water partition coefficient (Wildman–Crippen LogP) is 2.15. The number of aromatic nitrogens is 3. The predicted molar refractivity (Wildman–Crippen MR) is 77.2 cm³/mol. The number of carboxylic acid groups (broad SMARTS) is 1. The molecule has 0 aliphatic heterocycles. The Kier molecular flexibility index (Phi) is 4.22. The number of anilines is 1. The van der Waals surface area contributed by atoms with E-state index in [0.717, 1.165) is 17.0 Å². The van der Waals surface area contributed by atoms with E-state index < -0.39 is 5.97 Å². The maximum Gasteiger partial charge on any atom is 0.305 e. The highest BCUT2D eigenvalue weighted by Crippen LogP contribution is 2.22.